The van der Waals surface area contributed by atoms with Crippen LogP contribution in [-0.4, -0.2) is 39.6 Å². The van der Waals surface area contributed by atoms with Crippen LogP contribution in [0.2, 0.25) is 0 Å². The summed E-state index contributed by atoms with van der Waals surface area (Å²) in [5, 5.41) is 4.35. The number of hydrogen-bond acceptors (Lipinski definition) is 5. The Hall–Kier alpha value is -2.47. The second-order valence-corrected chi connectivity index (χ2v) is 5.53. The molecule has 0 spiro atoms. The lowest BCUT2D eigenvalue weighted by Crippen LogP contribution is -2.15. The van der Waals surface area contributed by atoms with Crippen LogP contribution in [0.5, 0.6) is 5.75 Å². The quantitative estimate of drug-likeness (QED) is 0.772. The second kappa shape index (κ2) is 5.73. The maximum atomic E-state index is 6.08. The fourth-order valence-corrected chi connectivity index (χ4v) is 2.88. The first kappa shape index (κ1) is 13.2. The summed E-state index contributed by atoms with van der Waals surface area (Å²) in [7, 11) is 0. The highest BCUT2D eigenvalue weighted by atomic mass is 16.5. The van der Waals surface area contributed by atoms with E-state index in [1.54, 1.807) is 18.6 Å². The molecule has 4 heterocycles. The molecule has 114 valence electrons. The van der Waals surface area contributed by atoms with E-state index in [0.717, 1.165) is 47.6 Å². The number of nitrogens with zero attached hydrogens (tertiary/aromatic N) is 3. The van der Waals surface area contributed by atoms with E-state index >= 15 is 0 Å². The van der Waals surface area contributed by atoms with Crippen molar-refractivity contribution in [2.45, 2.75) is 6.42 Å². The van der Waals surface area contributed by atoms with Gasteiger partial charge in [-0.05, 0) is 19.0 Å². The molecule has 0 unspecified atom stereocenters. The Morgan fingerprint density at radius 3 is 3.05 bits per heavy atom. The number of aromatic amines is 1. The minimum atomic E-state index is 0. The van der Waals surface area contributed by atoms with E-state index in [1.807, 2.05) is 12.3 Å². The summed E-state index contributed by atoms with van der Waals surface area (Å²) in [6.45, 7) is 2.83. The lowest BCUT2D eigenvalue weighted by atomic mass is 10.1. The topological polar surface area (TPSA) is 75.7 Å². The van der Waals surface area contributed by atoms with Gasteiger partial charge >= 0.3 is 0 Å². The summed E-state index contributed by atoms with van der Waals surface area (Å²) < 4.78 is 6.08. The molecule has 0 bridgehead atoms. The fraction of sp³-hybridized carbons (Fsp3) is 0.312. The third kappa shape index (κ3) is 2.42. The first-order valence-electron chi connectivity index (χ1n) is 7.47. The third-order valence-electron chi connectivity index (χ3n) is 4.04. The van der Waals surface area contributed by atoms with Gasteiger partial charge in [0.05, 0.1) is 12.0 Å². The van der Waals surface area contributed by atoms with Gasteiger partial charge in [-0.2, -0.15) is 0 Å². The number of hydrogen-bond donors (Lipinski definition) is 2. The van der Waals surface area contributed by atoms with Gasteiger partial charge in [0.15, 0.2) is 0 Å². The molecular weight excluding hydrogens is 278 g/mol. The normalized spacial score (nSPS) is 17.9. The molecule has 0 radical (unpaired) electrons. The minimum Gasteiger partial charge on any atom is -0.492 e. The summed E-state index contributed by atoms with van der Waals surface area (Å²) in [6, 6.07) is 1.92. The Morgan fingerprint density at radius 2 is 2.23 bits per heavy atom. The zero-order valence-corrected chi connectivity index (χ0v) is 12.1. The Morgan fingerprint density at radius 1 is 1.32 bits per heavy atom. The predicted octanol–water partition coefficient (Wildman–Crippen LogP) is 2.25. The van der Waals surface area contributed by atoms with Crippen molar-refractivity contribution in [1.29, 1.82) is 0 Å². The number of pyridine rings is 1. The second-order valence-electron chi connectivity index (χ2n) is 5.53. The van der Waals surface area contributed by atoms with Crippen LogP contribution in [0.15, 0.2) is 37.2 Å². The summed E-state index contributed by atoms with van der Waals surface area (Å²) in [5.41, 5.74) is 2.79. The van der Waals surface area contributed by atoms with E-state index in [2.05, 4.69) is 25.3 Å². The van der Waals surface area contributed by atoms with Gasteiger partial charge < -0.3 is 15.0 Å². The molecule has 0 saturated carbocycles. The van der Waals surface area contributed by atoms with Gasteiger partial charge in [0.1, 0.15) is 17.7 Å². The van der Waals surface area contributed by atoms with E-state index in [4.69, 9.17) is 4.74 Å². The minimum absolute atomic E-state index is 0. The highest BCUT2D eigenvalue weighted by Gasteiger charge is 2.17. The van der Waals surface area contributed by atoms with Crippen molar-refractivity contribution in [3.63, 3.8) is 0 Å². The molecule has 0 amide bonds. The molecule has 1 saturated heterocycles. The first-order valence-corrected chi connectivity index (χ1v) is 7.47. The van der Waals surface area contributed by atoms with Gasteiger partial charge in [0.25, 0.3) is 0 Å². The molecule has 0 aromatic carbocycles. The lowest BCUT2D eigenvalue weighted by molar-refractivity contribution is 0.263. The molecule has 6 heteroatoms. The summed E-state index contributed by atoms with van der Waals surface area (Å²) in [4.78, 5) is 15.8. The monoisotopic (exact) mass is 297 g/mol. The van der Waals surface area contributed by atoms with Crippen molar-refractivity contribution >= 4 is 11.0 Å². The first-order chi connectivity index (χ1) is 10.9. The van der Waals surface area contributed by atoms with Gasteiger partial charge in [-0.1, -0.05) is 0 Å². The van der Waals surface area contributed by atoms with Crippen LogP contribution in [0.25, 0.3) is 22.2 Å². The van der Waals surface area contributed by atoms with Gasteiger partial charge in [-0.25, -0.2) is 15.0 Å². The molecule has 3 aromatic rings. The molecule has 1 fully saturated rings. The highest BCUT2D eigenvalue weighted by molar-refractivity contribution is 5.97. The zero-order valence-electron chi connectivity index (χ0n) is 12.1. The van der Waals surface area contributed by atoms with E-state index in [9.17, 15) is 0 Å². The maximum absolute atomic E-state index is 6.08. The Balaban J connectivity index is 0.00000156. The van der Waals surface area contributed by atoms with Gasteiger partial charge in [0, 0.05) is 49.8 Å². The van der Waals surface area contributed by atoms with E-state index in [1.165, 1.54) is 12.7 Å². The predicted molar refractivity (Wildman–Crippen MR) is 85.7 cm³/mol. The van der Waals surface area contributed by atoms with Crippen LogP contribution in [-0.2, 0) is 0 Å². The summed E-state index contributed by atoms with van der Waals surface area (Å²) in [6.07, 6.45) is 10.00. The van der Waals surface area contributed by atoms with Crippen molar-refractivity contribution in [3.8, 4) is 16.9 Å². The fourth-order valence-electron chi connectivity index (χ4n) is 2.88. The van der Waals surface area contributed by atoms with Crippen molar-refractivity contribution in [1.82, 2.24) is 25.3 Å². The highest BCUT2D eigenvalue weighted by Crippen LogP contribution is 2.34. The number of rotatable bonds is 4. The van der Waals surface area contributed by atoms with Crippen molar-refractivity contribution < 1.29 is 6.16 Å². The molecule has 1 atom stereocenters. The summed E-state index contributed by atoms with van der Waals surface area (Å²) in [5.74, 6) is 1.43. The van der Waals surface area contributed by atoms with E-state index in [-0.39, 0.29) is 1.43 Å². The van der Waals surface area contributed by atoms with Crippen LogP contribution in [0, 0.1) is 5.92 Å². The zero-order chi connectivity index (χ0) is 14.8. The largest absolute Gasteiger partial charge is 0.492 e. The molecule has 1 aliphatic heterocycles. The lowest BCUT2D eigenvalue weighted by Gasteiger charge is -2.12. The average Bonchev–Trinajstić information content (AvgIpc) is 3.23. The van der Waals surface area contributed by atoms with Crippen LogP contribution in [0.1, 0.15) is 7.85 Å². The average molecular weight is 297 g/mol. The van der Waals surface area contributed by atoms with Crippen LogP contribution in [0.3, 0.4) is 0 Å². The molecule has 2 N–H and O–H groups in total. The molecule has 6 nitrogen and oxygen atoms in total. The van der Waals surface area contributed by atoms with Crippen molar-refractivity contribution in [2.24, 2.45) is 5.92 Å². The van der Waals surface area contributed by atoms with Crippen molar-refractivity contribution in [3.05, 3.63) is 37.2 Å². The molecule has 4 rings (SSSR count). The van der Waals surface area contributed by atoms with Gasteiger partial charge in [-0.3, -0.25) is 0 Å². The van der Waals surface area contributed by atoms with Crippen LogP contribution < -0.4 is 10.1 Å². The Bertz CT molecular complexity index is 770. The van der Waals surface area contributed by atoms with Gasteiger partial charge in [-0.15, -0.1) is 0 Å². The van der Waals surface area contributed by atoms with Gasteiger partial charge in [0.2, 0.25) is 0 Å². The maximum Gasteiger partial charge on any atom is 0.141 e. The van der Waals surface area contributed by atoms with Crippen LogP contribution in [0.4, 0.5) is 0 Å². The number of aromatic nitrogens is 4. The summed E-state index contributed by atoms with van der Waals surface area (Å²) >= 11 is 0. The molecule has 1 aliphatic rings. The molecule has 0 aliphatic carbocycles. The number of H-pyrrole nitrogens is 1. The number of nitrogens with one attached hydrogen (secondary N) is 2. The Labute approximate surface area is 129 Å². The molecule has 3 aromatic heterocycles. The third-order valence-corrected chi connectivity index (χ3v) is 4.04. The molecule has 22 heavy (non-hydrogen) atoms. The molecular formula is C16H19N5O. The van der Waals surface area contributed by atoms with E-state index < -0.39 is 0 Å². The number of ether oxygens (including phenoxy) is 1. The number of fused-ring (bicyclic) bond motifs is 1. The van der Waals surface area contributed by atoms with E-state index in [0.29, 0.717) is 5.92 Å². The Kier molecular flexibility index (Phi) is 3.44. The van der Waals surface area contributed by atoms with Crippen molar-refractivity contribution in [2.75, 3.05) is 19.7 Å². The van der Waals surface area contributed by atoms with Crippen LogP contribution >= 0.6 is 0 Å². The SMILES string of the molecule is [HH].c1ncc(-c2c[nH]c3nccc(OC[C@H]4CCNC4)c23)cn1. The smallest absolute Gasteiger partial charge is 0.141 e. The standard InChI is InChI=1S/C16H17N5O.H2/c1-3-17-5-11(1)9-22-14-2-4-20-16-15(14)13(8-21-16)12-6-18-10-19-7-12;/h2,4,6-8,10-11,17H,1,3,5,9H2,(H,20,21);1H/t11-;/m0./s1.